The molecule has 2 amide bonds. The Morgan fingerprint density at radius 2 is 1.79 bits per heavy atom. The highest BCUT2D eigenvalue weighted by Gasteiger charge is 2.64. The Morgan fingerprint density at radius 3 is 2.54 bits per heavy atom. The highest BCUT2D eigenvalue weighted by Crippen LogP contribution is 2.52. The van der Waals surface area contributed by atoms with Gasteiger partial charge in [-0.25, -0.2) is 4.90 Å². The lowest BCUT2D eigenvalue weighted by molar-refractivity contribution is -0.129. The zero-order valence-corrected chi connectivity index (χ0v) is 16.5. The summed E-state index contributed by atoms with van der Waals surface area (Å²) < 4.78 is 0.778. The van der Waals surface area contributed by atoms with Crippen LogP contribution in [-0.4, -0.2) is 34.9 Å². The SMILES string of the molecule is CC(=O)[C@@H]1[C@@H]2C(=O)N(c3cccc(Br)c3)C(=O)[C@@H]2[C@@H]2c3ccccc3C=NN12. The molecular formula is C21H16BrN3O3. The van der Waals surface area contributed by atoms with Gasteiger partial charge < -0.3 is 0 Å². The van der Waals surface area contributed by atoms with Gasteiger partial charge in [-0.1, -0.05) is 46.3 Å². The summed E-state index contributed by atoms with van der Waals surface area (Å²) in [7, 11) is 0. The van der Waals surface area contributed by atoms with Crippen LogP contribution in [0.15, 0.2) is 58.1 Å². The number of amides is 2. The summed E-state index contributed by atoms with van der Waals surface area (Å²) in [5.41, 5.74) is 2.35. The van der Waals surface area contributed by atoms with Crippen molar-refractivity contribution in [3.63, 3.8) is 0 Å². The Morgan fingerprint density at radius 1 is 1.04 bits per heavy atom. The van der Waals surface area contributed by atoms with Gasteiger partial charge in [0, 0.05) is 4.47 Å². The lowest BCUT2D eigenvalue weighted by Gasteiger charge is -2.33. The number of fused-ring (bicyclic) bond motifs is 5. The third kappa shape index (κ3) is 2.26. The largest absolute Gasteiger partial charge is 0.298 e. The number of carbonyl (C=O) groups excluding carboxylic acids is 3. The third-order valence-corrected chi connectivity index (χ3v) is 6.27. The molecular weight excluding hydrogens is 422 g/mol. The summed E-state index contributed by atoms with van der Waals surface area (Å²) >= 11 is 3.39. The van der Waals surface area contributed by atoms with Crippen LogP contribution in [0.1, 0.15) is 24.1 Å². The molecule has 6 nitrogen and oxygen atoms in total. The van der Waals surface area contributed by atoms with Gasteiger partial charge in [0.1, 0.15) is 6.04 Å². The van der Waals surface area contributed by atoms with Crippen molar-refractivity contribution in [2.24, 2.45) is 16.9 Å². The van der Waals surface area contributed by atoms with E-state index in [4.69, 9.17) is 0 Å². The van der Waals surface area contributed by atoms with Gasteiger partial charge in [0.05, 0.1) is 29.8 Å². The van der Waals surface area contributed by atoms with Crippen LogP contribution in [0.4, 0.5) is 5.69 Å². The van der Waals surface area contributed by atoms with E-state index in [1.807, 2.05) is 30.3 Å². The summed E-state index contributed by atoms with van der Waals surface area (Å²) in [4.78, 5) is 40.5. The van der Waals surface area contributed by atoms with Crippen LogP contribution in [0.3, 0.4) is 0 Å². The fourth-order valence-corrected chi connectivity index (χ4v) is 5.08. The summed E-state index contributed by atoms with van der Waals surface area (Å²) in [6, 6.07) is 13.6. The van der Waals surface area contributed by atoms with Crippen molar-refractivity contribution in [2.45, 2.75) is 19.0 Å². The average Bonchev–Trinajstić information content (AvgIpc) is 3.15. The van der Waals surface area contributed by atoms with Gasteiger partial charge in [0.15, 0.2) is 5.78 Å². The van der Waals surface area contributed by atoms with Crippen LogP contribution < -0.4 is 4.90 Å². The maximum atomic E-state index is 13.4. The quantitative estimate of drug-likeness (QED) is 0.677. The van der Waals surface area contributed by atoms with Crippen molar-refractivity contribution < 1.29 is 14.4 Å². The van der Waals surface area contributed by atoms with Crippen LogP contribution in [-0.2, 0) is 14.4 Å². The predicted octanol–water partition coefficient (Wildman–Crippen LogP) is 2.92. The monoisotopic (exact) mass is 437 g/mol. The van der Waals surface area contributed by atoms with Crippen molar-refractivity contribution in [1.29, 1.82) is 0 Å². The minimum absolute atomic E-state index is 0.161. The average molecular weight is 438 g/mol. The summed E-state index contributed by atoms with van der Waals surface area (Å²) in [5, 5.41) is 6.12. The maximum Gasteiger partial charge on any atom is 0.240 e. The van der Waals surface area contributed by atoms with E-state index in [9.17, 15) is 14.4 Å². The van der Waals surface area contributed by atoms with Crippen molar-refractivity contribution in [3.05, 3.63) is 64.1 Å². The molecule has 0 bridgehead atoms. The van der Waals surface area contributed by atoms with Gasteiger partial charge in [0.2, 0.25) is 11.8 Å². The second kappa shape index (κ2) is 6.10. The number of carbonyl (C=O) groups is 3. The van der Waals surface area contributed by atoms with E-state index in [0.29, 0.717) is 5.69 Å². The van der Waals surface area contributed by atoms with Crippen LogP contribution in [0, 0.1) is 11.8 Å². The molecule has 0 spiro atoms. The Balaban J connectivity index is 1.66. The number of hydrogen-bond donors (Lipinski definition) is 0. The molecule has 2 fully saturated rings. The maximum absolute atomic E-state index is 13.4. The Labute approximate surface area is 169 Å². The summed E-state index contributed by atoms with van der Waals surface area (Å²) in [6.07, 6.45) is 1.70. The Hall–Kier alpha value is -2.80. The first-order valence-corrected chi connectivity index (χ1v) is 9.83. The molecule has 4 atom stereocenters. The van der Waals surface area contributed by atoms with Crippen molar-refractivity contribution in [1.82, 2.24) is 5.01 Å². The molecule has 140 valence electrons. The molecule has 3 aliphatic heterocycles. The van der Waals surface area contributed by atoms with E-state index in [2.05, 4.69) is 21.0 Å². The summed E-state index contributed by atoms with van der Waals surface area (Å²) in [5.74, 6) is -2.16. The first kappa shape index (κ1) is 17.3. The molecule has 5 rings (SSSR count). The fourth-order valence-electron chi connectivity index (χ4n) is 4.69. The minimum Gasteiger partial charge on any atom is -0.298 e. The Kier molecular flexibility index (Phi) is 3.77. The van der Waals surface area contributed by atoms with Gasteiger partial charge in [-0.15, -0.1) is 0 Å². The predicted molar refractivity (Wildman–Crippen MR) is 107 cm³/mol. The molecule has 0 unspecified atom stereocenters. The highest BCUT2D eigenvalue weighted by molar-refractivity contribution is 9.10. The number of imide groups is 1. The van der Waals surface area contributed by atoms with Gasteiger partial charge in [-0.3, -0.25) is 19.4 Å². The van der Waals surface area contributed by atoms with Crippen molar-refractivity contribution >= 4 is 45.4 Å². The van der Waals surface area contributed by atoms with Crippen LogP contribution in [0.5, 0.6) is 0 Å². The number of halogens is 1. The smallest absolute Gasteiger partial charge is 0.240 e. The number of Topliss-reactive ketones (excluding diaryl/α,β-unsaturated/α-hetero) is 1. The molecule has 0 N–H and O–H groups in total. The number of anilines is 1. The molecule has 7 heteroatoms. The van der Waals surface area contributed by atoms with Crippen LogP contribution in [0.25, 0.3) is 0 Å². The highest BCUT2D eigenvalue weighted by atomic mass is 79.9. The van der Waals surface area contributed by atoms with Gasteiger partial charge in [-0.2, -0.15) is 5.10 Å². The van der Waals surface area contributed by atoms with Gasteiger partial charge >= 0.3 is 0 Å². The standard InChI is InChI=1S/C21H16BrN3O3/c1-11(26)18-16-17(19-15-8-3-2-5-12(15)10-23-25(18)19)21(28)24(20(16)27)14-7-4-6-13(22)9-14/h2-10,16-19H,1H3/t16-,17+,18-,19+/m1/s1. The zero-order valence-electron chi connectivity index (χ0n) is 14.9. The molecule has 2 aromatic rings. The third-order valence-electron chi connectivity index (χ3n) is 5.78. The van der Waals surface area contributed by atoms with Crippen molar-refractivity contribution in [2.75, 3.05) is 4.90 Å². The number of benzene rings is 2. The Bertz CT molecular complexity index is 1070. The zero-order chi connectivity index (χ0) is 19.6. The normalized spacial score (nSPS) is 27.6. The fraction of sp³-hybridized carbons (Fsp3) is 0.238. The van der Waals surface area contributed by atoms with Crippen molar-refractivity contribution in [3.8, 4) is 0 Å². The second-order valence-electron chi connectivity index (χ2n) is 7.30. The molecule has 2 aromatic carbocycles. The van der Waals surface area contributed by atoms with Crippen LogP contribution >= 0.6 is 15.9 Å². The molecule has 3 heterocycles. The second-order valence-corrected chi connectivity index (χ2v) is 8.21. The van der Waals surface area contributed by atoms with E-state index < -0.39 is 23.9 Å². The van der Waals surface area contributed by atoms with E-state index in [-0.39, 0.29) is 17.6 Å². The van der Waals surface area contributed by atoms with Crippen LogP contribution in [0.2, 0.25) is 0 Å². The number of rotatable bonds is 2. The van der Waals surface area contributed by atoms with E-state index in [1.54, 1.807) is 29.4 Å². The molecule has 0 aliphatic carbocycles. The topological polar surface area (TPSA) is 70.0 Å². The number of hydrazone groups is 1. The molecule has 2 saturated heterocycles. The van der Waals surface area contributed by atoms with E-state index in [0.717, 1.165) is 15.6 Å². The number of nitrogens with zero attached hydrogens (tertiary/aromatic N) is 3. The molecule has 3 aliphatic rings. The first-order valence-electron chi connectivity index (χ1n) is 9.04. The first-order chi connectivity index (χ1) is 13.5. The summed E-state index contributed by atoms with van der Waals surface area (Å²) in [6.45, 7) is 1.46. The molecule has 0 saturated carbocycles. The molecule has 0 radical (unpaired) electrons. The van der Waals surface area contributed by atoms with E-state index in [1.165, 1.54) is 11.8 Å². The molecule has 0 aromatic heterocycles. The lowest BCUT2D eigenvalue weighted by atomic mass is 9.84. The number of ketones is 1. The van der Waals surface area contributed by atoms with Gasteiger partial charge in [-0.05, 0) is 36.2 Å². The minimum atomic E-state index is -0.742. The van der Waals surface area contributed by atoms with Gasteiger partial charge in [0.25, 0.3) is 0 Å². The number of hydrogen-bond acceptors (Lipinski definition) is 5. The van der Waals surface area contributed by atoms with E-state index >= 15 is 0 Å². The lowest BCUT2D eigenvalue weighted by Crippen LogP contribution is -2.43. The molecule has 28 heavy (non-hydrogen) atoms.